The predicted octanol–water partition coefficient (Wildman–Crippen LogP) is 3.82. The van der Waals surface area contributed by atoms with Crippen molar-refractivity contribution in [1.82, 2.24) is 0 Å². The molecule has 2 nitrogen and oxygen atoms in total. The quantitative estimate of drug-likeness (QED) is 0.690. The molecule has 4 aliphatic rings. The van der Waals surface area contributed by atoms with Crippen molar-refractivity contribution >= 4 is 5.78 Å². The molecule has 8 atom stereocenters. The van der Waals surface area contributed by atoms with Gasteiger partial charge in [0.15, 0.2) is 0 Å². The maximum absolute atomic E-state index is 12.5. The van der Waals surface area contributed by atoms with Crippen LogP contribution in [0.15, 0.2) is 0 Å². The predicted molar refractivity (Wildman–Crippen MR) is 90.4 cm³/mol. The van der Waals surface area contributed by atoms with Crippen LogP contribution in [0.2, 0.25) is 0 Å². The molecule has 2 heteroatoms. The van der Waals surface area contributed by atoms with Crippen molar-refractivity contribution in [2.75, 3.05) is 0 Å². The minimum atomic E-state index is -0.134. The summed E-state index contributed by atoms with van der Waals surface area (Å²) in [6.07, 6.45) is 13.9. The van der Waals surface area contributed by atoms with Gasteiger partial charge >= 0.3 is 0 Å². The normalized spacial score (nSPS) is 55.5. The number of aliphatic hydroxyl groups is 1. The molecule has 0 aromatic carbocycles. The maximum atomic E-state index is 12.5. The number of Topliss-reactive ketones (excluding diaryl/α,β-unsaturated/α-hetero) is 1. The topological polar surface area (TPSA) is 37.3 Å². The van der Waals surface area contributed by atoms with Crippen LogP contribution in [0.3, 0.4) is 0 Å². The Hall–Kier alpha value is -0.810. The van der Waals surface area contributed by atoms with Gasteiger partial charge in [-0.3, -0.25) is 4.79 Å². The lowest BCUT2D eigenvalue weighted by Crippen LogP contribution is -2.56. The first-order chi connectivity index (χ1) is 10.9. The van der Waals surface area contributed by atoms with E-state index in [0.717, 1.165) is 51.4 Å². The van der Waals surface area contributed by atoms with Crippen molar-refractivity contribution in [3.63, 3.8) is 0 Å². The Morgan fingerprint density at radius 1 is 1.13 bits per heavy atom. The van der Waals surface area contributed by atoms with Crippen LogP contribution in [-0.2, 0) is 4.79 Å². The Morgan fingerprint density at radius 2 is 1.91 bits per heavy atom. The molecule has 0 unspecified atom stereocenters. The number of hydrogen-bond acceptors (Lipinski definition) is 2. The van der Waals surface area contributed by atoms with Gasteiger partial charge in [0, 0.05) is 17.8 Å². The molecular formula is C21H30O2. The Balaban J connectivity index is 1.72. The number of ketones is 1. The third-order valence-electron chi connectivity index (χ3n) is 8.61. The highest BCUT2D eigenvalue weighted by Crippen LogP contribution is 2.66. The van der Waals surface area contributed by atoms with E-state index in [9.17, 15) is 9.90 Å². The van der Waals surface area contributed by atoms with Crippen LogP contribution in [0.5, 0.6) is 0 Å². The third kappa shape index (κ3) is 2.02. The Kier molecular flexibility index (Phi) is 3.48. The number of terminal acetylenes is 1. The van der Waals surface area contributed by atoms with Gasteiger partial charge in [-0.2, -0.15) is 0 Å². The van der Waals surface area contributed by atoms with Gasteiger partial charge in [-0.25, -0.2) is 0 Å². The molecule has 4 saturated carbocycles. The van der Waals surface area contributed by atoms with Crippen LogP contribution < -0.4 is 0 Å². The first-order valence-electron chi connectivity index (χ1n) is 9.57. The highest BCUT2D eigenvalue weighted by atomic mass is 16.3. The van der Waals surface area contributed by atoms with E-state index in [-0.39, 0.29) is 11.5 Å². The molecule has 0 aromatic heterocycles. The fourth-order valence-electron chi connectivity index (χ4n) is 7.19. The molecule has 0 amide bonds. The smallest absolute Gasteiger partial charge is 0.139 e. The minimum Gasteiger partial charge on any atom is -0.393 e. The third-order valence-corrected chi connectivity index (χ3v) is 8.61. The molecule has 4 rings (SSSR count). The second-order valence-electron chi connectivity index (χ2n) is 9.35. The zero-order chi connectivity index (χ0) is 16.4. The second kappa shape index (κ2) is 5.09. The molecule has 4 aliphatic carbocycles. The van der Waals surface area contributed by atoms with E-state index in [1.807, 2.05) is 0 Å². The second-order valence-corrected chi connectivity index (χ2v) is 9.35. The molecule has 0 saturated heterocycles. The first-order valence-corrected chi connectivity index (χ1v) is 9.57. The number of rotatable bonds is 0. The summed E-state index contributed by atoms with van der Waals surface area (Å²) < 4.78 is 0. The zero-order valence-corrected chi connectivity index (χ0v) is 14.6. The van der Waals surface area contributed by atoms with Crippen LogP contribution in [-0.4, -0.2) is 17.0 Å². The fourth-order valence-corrected chi connectivity index (χ4v) is 7.19. The van der Waals surface area contributed by atoms with Gasteiger partial charge in [0.2, 0.25) is 0 Å². The summed E-state index contributed by atoms with van der Waals surface area (Å²) in [6.45, 7) is 4.68. The summed E-state index contributed by atoms with van der Waals surface area (Å²) in [4.78, 5) is 12.5. The van der Waals surface area contributed by atoms with E-state index in [1.165, 1.54) is 0 Å². The molecule has 0 heterocycles. The average molecular weight is 314 g/mol. The van der Waals surface area contributed by atoms with Crippen LogP contribution in [0.1, 0.15) is 65.2 Å². The molecule has 126 valence electrons. The lowest BCUT2D eigenvalue weighted by molar-refractivity contribution is -0.148. The van der Waals surface area contributed by atoms with Gasteiger partial charge in [-0.15, -0.1) is 12.3 Å². The van der Waals surface area contributed by atoms with Gasteiger partial charge in [0.1, 0.15) is 5.78 Å². The maximum Gasteiger partial charge on any atom is 0.139 e. The minimum absolute atomic E-state index is 0.104. The number of aliphatic hydroxyl groups excluding tert-OH is 1. The Morgan fingerprint density at radius 3 is 2.65 bits per heavy atom. The molecule has 1 N–H and O–H groups in total. The van der Waals surface area contributed by atoms with Crippen LogP contribution in [0, 0.1) is 52.8 Å². The fraction of sp³-hybridized carbons (Fsp3) is 0.857. The van der Waals surface area contributed by atoms with Crippen molar-refractivity contribution in [1.29, 1.82) is 0 Å². The SMILES string of the molecule is C#C[C@@H]1C[C@H]2C[C@@H](O)CC[C@]2(C)[C@H]2CC[C@]3(C)C(=O)CC[C@H]3[C@H]12. The van der Waals surface area contributed by atoms with E-state index >= 15 is 0 Å². The summed E-state index contributed by atoms with van der Waals surface area (Å²) in [5, 5.41) is 10.1. The monoisotopic (exact) mass is 314 g/mol. The van der Waals surface area contributed by atoms with Crippen LogP contribution >= 0.6 is 0 Å². The van der Waals surface area contributed by atoms with Crippen LogP contribution in [0.25, 0.3) is 0 Å². The van der Waals surface area contributed by atoms with E-state index in [4.69, 9.17) is 6.42 Å². The number of fused-ring (bicyclic) bond motifs is 5. The molecule has 0 spiro atoms. The summed E-state index contributed by atoms with van der Waals surface area (Å²) in [6, 6.07) is 0. The Bertz CT molecular complexity index is 561. The van der Waals surface area contributed by atoms with Crippen molar-refractivity contribution < 1.29 is 9.90 Å². The summed E-state index contributed by atoms with van der Waals surface area (Å²) >= 11 is 0. The average Bonchev–Trinajstić information content (AvgIpc) is 2.83. The van der Waals surface area contributed by atoms with Gasteiger partial charge in [-0.1, -0.05) is 13.8 Å². The molecule has 0 aromatic rings. The molecular weight excluding hydrogens is 284 g/mol. The molecule has 0 bridgehead atoms. The lowest BCUT2D eigenvalue weighted by atomic mass is 9.43. The highest BCUT2D eigenvalue weighted by Gasteiger charge is 2.62. The summed E-state index contributed by atoms with van der Waals surface area (Å²) in [5.41, 5.74) is 0.220. The van der Waals surface area contributed by atoms with E-state index in [2.05, 4.69) is 19.8 Å². The van der Waals surface area contributed by atoms with E-state index < -0.39 is 0 Å². The standard InChI is InChI=1S/C21H30O2/c1-4-13-11-14-12-15(22)7-9-20(14,2)17-8-10-21(3)16(19(13)17)5-6-18(21)23/h1,13-17,19,22H,5-12H2,2-3H3/t13-,14+,15+,16+,17+,19+,20+,21+/m1/s1. The van der Waals surface area contributed by atoms with Gasteiger partial charge < -0.3 is 5.11 Å². The number of carbonyl (C=O) groups excluding carboxylic acids is 1. The lowest BCUT2D eigenvalue weighted by Gasteiger charge is -2.61. The van der Waals surface area contributed by atoms with Gasteiger partial charge in [-0.05, 0) is 74.0 Å². The number of hydrogen-bond donors (Lipinski definition) is 1. The van der Waals surface area contributed by atoms with Crippen molar-refractivity contribution in [3.05, 3.63) is 0 Å². The molecule has 0 aliphatic heterocycles. The largest absolute Gasteiger partial charge is 0.393 e. The molecule has 4 fully saturated rings. The van der Waals surface area contributed by atoms with Crippen molar-refractivity contribution in [2.24, 2.45) is 40.4 Å². The summed E-state index contributed by atoms with van der Waals surface area (Å²) in [5.74, 6) is 6.16. The van der Waals surface area contributed by atoms with Gasteiger partial charge in [0.25, 0.3) is 0 Å². The van der Waals surface area contributed by atoms with Gasteiger partial charge in [0.05, 0.1) is 6.10 Å². The zero-order valence-electron chi connectivity index (χ0n) is 14.6. The van der Waals surface area contributed by atoms with Crippen molar-refractivity contribution in [2.45, 2.75) is 71.3 Å². The molecule has 0 radical (unpaired) electrons. The highest BCUT2D eigenvalue weighted by molar-refractivity contribution is 5.87. The Labute approximate surface area is 140 Å². The van der Waals surface area contributed by atoms with Crippen molar-refractivity contribution in [3.8, 4) is 12.3 Å². The number of carbonyl (C=O) groups is 1. The van der Waals surface area contributed by atoms with E-state index in [0.29, 0.717) is 40.8 Å². The summed E-state index contributed by atoms with van der Waals surface area (Å²) in [7, 11) is 0. The first kappa shape index (κ1) is 15.7. The van der Waals surface area contributed by atoms with E-state index in [1.54, 1.807) is 0 Å². The molecule has 23 heavy (non-hydrogen) atoms. The van der Waals surface area contributed by atoms with Crippen LogP contribution in [0.4, 0.5) is 0 Å².